The molecule has 0 heterocycles. The average Bonchev–Trinajstić information content (AvgIpc) is 2.60. The van der Waals surface area contributed by atoms with E-state index in [-0.39, 0.29) is 5.91 Å². The number of carbonyl (C=O) groups excluding carboxylic acids is 1. The van der Waals surface area contributed by atoms with Crippen LogP contribution in [-0.4, -0.2) is 39.2 Å². The zero-order valence-electron chi connectivity index (χ0n) is 13.8. The van der Waals surface area contributed by atoms with Gasteiger partial charge in [0.25, 0.3) is 5.91 Å². The molecule has 2 aromatic carbocycles. The fourth-order valence-electron chi connectivity index (χ4n) is 2.28. The Morgan fingerprint density at radius 3 is 2.13 bits per heavy atom. The van der Waals surface area contributed by atoms with E-state index in [4.69, 9.17) is 14.2 Å². The van der Waals surface area contributed by atoms with Crippen molar-refractivity contribution in [2.24, 2.45) is 0 Å². The van der Waals surface area contributed by atoms with Crippen LogP contribution in [0.2, 0.25) is 0 Å². The number of hydrogen-bond donors (Lipinski definition) is 0. The van der Waals surface area contributed by atoms with Gasteiger partial charge in [-0.15, -0.1) is 0 Å². The van der Waals surface area contributed by atoms with Crippen LogP contribution in [-0.2, 0) is 6.54 Å². The number of ether oxygens (including phenoxy) is 3. The van der Waals surface area contributed by atoms with Crippen molar-refractivity contribution in [1.82, 2.24) is 4.90 Å². The van der Waals surface area contributed by atoms with E-state index < -0.39 is 0 Å². The smallest absolute Gasteiger partial charge is 0.253 e. The van der Waals surface area contributed by atoms with E-state index >= 15 is 0 Å². The molecule has 1 amide bonds. The van der Waals surface area contributed by atoms with E-state index in [0.717, 1.165) is 11.3 Å². The maximum atomic E-state index is 12.5. The summed E-state index contributed by atoms with van der Waals surface area (Å²) in [4.78, 5) is 14.1. The molecule has 0 atom stereocenters. The first-order valence-corrected chi connectivity index (χ1v) is 7.19. The summed E-state index contributed by atoms with van der Waals surface area (Å²) in [7, 11) is 6.55. The Hall–Kier alpha value is -2.69. The molecule has 0 unspecified atom stereocenters. The Morgan fingerprint density at radius 2 is 1.57 bits per heavy atom. The van der Waals surface area contributed by atoms with E-state index in [1.807, 2.05) is 18.2 Å². The first kappa shape index (κ1) is 16.7. The molecule has 0 aliphatic heterocycles. The van der Waals surface area contributed by atoms with Crippen LogP contribution in [0, 0.1) is 0 Å². The third kappa shape index (κ3) is 3.94. The summed E-state index contributed by atoms with van der Waals surface area (Å²) in [6.07, 6.45) is 0. The van der Waals surface area contributed by atoms with Crippen molar-refractivity contribution in [2.45, 2.75) is 6.54 Å². The lowest BCUT2D eigenvalue weighted by Gasteiger charge is -2.18. The SMILES string of the molecule is COc1ccc(C(=O)N(C)Cc2ccc(OC)c(OC)c2)cc1. The highest BCUT2D eigenvalue weighted by Gasteiger charge is 2.13. The molecule has 0 N–H and O–H groups in total. The van der Waals surface area contributed by atoms with Crippen LogP contribution in [0.15, 0.2) is 42.5 Å². The topological polar surface area (TPSA) is 48.0 Å². The molecule has 122 valence electrons. The maximum absolute atomic E-state index is 12.5. The van der Waals surface area contributed by atoms with Gasteiger partial charge >= 0.3 is 0 Å². The minimum atomic E-state index is -0.0533. The van der Waals surface area contributed by atoms with Gasteiger partial charge in [-0.1, -0.05) is 6.07 Å². The van der Waals surface area contributed by atoms with Crippen molar-refractivity contribution >= 4 is 5.91 Å². The lowest BCUT2D eigenvalue weighted by Crippen LogP contribution is -2.26. The standard InChI is InChI=1S/C18H21NO4/c1-19(18(20)14-6-8-15(21-2)9-7-14)12-13-5-10-16(22-3)17(11-13)23-4/h5-11H,12H2,1-4H3. The highest BCUT2D eigenvalue weighted by molar-refractivity contribution is 5.94. The average molecular weight is 315 g/mol. The van der Waals surface area contributed by atoms with Crippen LogP contribution in [0.1, 0.15) is 15.9 Å². The number of nitrogens with zero attached hydrogens (tertiary/aromatic N) is 1. The lowest BCUT2D eigenvalue weighted by molar-refractivity contribution is 0.0785. The van der Waals surface area contributed by atoms with Crippen molar-refractivity contribution in [2.75, 3.05) is 28.4 Å². The normalized spacial score (nSPS) is 10.1. The number of amides is 1. The van der Waals surface area contributed by atoms with Crippen LogP contribution < -0.4 is 14.2 Å². The molecule has 0 saturated carbocycles. The molecule has 0 spiro atoms. The molecule has 5 heteroatoms. The van der Waals surface area contributed by atoms with E-state index in [1.54, 1.807) is 57.5 Å². The van der Waals surface area contributed by atoms with Crippen LogP contribution in [0.25, 0.3) is 0 Å². The Bertz CT molecular complexity index is 667. The Kier molecular flexibility index (Phi) is 5.46. The summed E-state index contributed by atoms with van der Waals surface area (Å²) >= 11 is 0. The largest absolute Gasteiger partial charge is 0.497 e. The van der Waals surface area contributed by atoms with Gasteiger partial charge in [0, 0.05) is 19.2 Å². The van der Waals surface area contributed by atoms with Gasteiger partial charge in [-0.25, -0.2) is 0 Å². The van der Waals surface area contributed by atoms with Gasteiger partial charge < -0.3 is 19.1 Å². The van der Waals surface area contributed by atoms with Crippen molar-refractivity contribution in [3.8, 4) is 17.2 Å². The Morgan fingerprint density at radius 1 is 0.913 bits per heavy atom. The molecule has 0 saturated heterocycles. The van der Waals surface area contributed by atoms with E-state index in [0.29, 0.717) is 23.6 Å². The molecule has 0 bridgehead atoms. The second kappa shape index (κ2) is 7.54. The molecule has 2 aromatic rings. The van der Waals surface area contributed by atoms with Crippen LogP contribution in [0.3, 0.4) is 0 Å². The fraction of sp³-hybridized carbons (Fsp3) is 0.278. The number of benzene rings is 2. The lowest BCUT2D eigenvalue weighted by atomic mass is 10.1. The highest BCUT2D eigenvalue weighted by Crippen LogP contribution is 2.28. The minimum absolute atomic E-state index is 0.0533. The molecule has 0 aliphatic carbocycles. The number of hydrogen-bond acceptors (Lipinski definition) is 4. The Balaban J connectivity index is 2.11. The van der Waals surface area contributed by atoms with Gasteiger partial charge in [-0.2, -0.15) is 0 Å². The molecule has 2 rings (SSSR count). The predicted molar refractivity (Wildman–Crippen MR) is 88.3 cm³/mol. The van der Waals surface area contributed by atoms with E-state index in [1.165, 1.54) is 0 Å². The molecule has 0 aliphatic rings. The molecule has 5 nitrogen and oxygen atoms in total. The summed E-state index contributed by atoms with van der Waals surface area (Å²) in [6, 6.07) is 12.7. The fourth-order valence-corrected chi connectivity index (χ4v) is 2.28. The Labute approximate surface area is 136 Å². The third-order valence-corrected chi connectivity index (χ3v) is 3.55. The molecule has 0 radical (unpaired) electrons. The quantitative estimate of drug-likeness (QED) is 0.822. The second-order valence-corrected chi connectivity index (χ2v) is 5.08. The summed E-state index contributed by atoms with van der Waals surface area (Å²) in [5.41, 5.74) is 1.58. The van der Waals surface area contributed by atoms with Gasteiger partial charge in [-0.3, -0.25) is 4.79 Å². The monoisotopic (exact) mass is 315 g/mol. The van der Waals surface area contributed by atoms with Crippen LogP contribution >= 0.6 is 0 Å². The number of carbonyl (C=O) groups is 1. The molecular weight excluding hydrogens is 294 g/mol. The summed E-state index contributed by atoms with van der Waals surface area (Å²) in [6.45, 7) is 0.477. The third-order valence-electron chi connectivity index (χ3n) is 3.55. The van der Waals surface area contributed by atoms with Crippen LogP contribution in [0.5, 0.6) is 17.2 Å². The van der Waals surface area contributed by atoms with Gasteiger partial charge in [-0.05, 0) is 42.0 Å². The van der Waals surface area contributed by atoms with Gasteiger partial charge in [0.05, 0.1) is 21.3 Å². The van der Waals surface area contributed by atoms with E-state index in [2.05, 4.69) is 0 Å². The first-order chi connectivity index (χ1) is 11.1. The van der Waals surface area contributed by atoms with Crippen molar-refractivity contribution in [3.63, 3.8) is 0 Å². The second-order valence-electron chi connectivity index (χ2n) is 5.08. The van der Waals surface area contributed by atoms with Gasteiger partial charge in [0.1, 0.15) is 5.75 Å². The molecular formula is C18H21NO4. The predicted octanol–water partition coefficient (Wildman–Crippen LogP) is 2.98. The summed E-state index contributed by atoms with van der Waals surface area (Å²) in [5.74, 6) is 1.99. The van der Waals surface area contributed by atoms with Crippen molar-refractivity contribution < 1.29 is 19.0 Å². The molecule has 0 fully saturated rings. The van der Waals surface area contributed by atoms with E-state index in [9.17, 15) is 4.79 Å². The summed E-state index contributed by atoms with van der Waals surface area (Å²) < 4.78 is 15.6. The van der Waals surface area contributed by atoms with Gasteiger partial charge in [0.15, 0.2) is 11.5 Å². The van der Waals surface area contributed by atoms with Crippen LogP contribution in [0.4, 0.5) is 0 Å². The zero-order chi connectivity index (χ0) is 16.8. The molecule has 0 aromatic heterocycles. The van der Waals surface area contributed by atoms with Crippen molar-refractivity contribution in [1.29, 1.82) is 0 Å². The number of methoxy groups -OCH3 is 3. The molecule has 23 heavy (non-hydrogen) atoms. The van der Waals surface area contributed by atoms with Gasteiger partial charge in [0.2, 0.25) is 0 Å². The summed E-state index contributed by atoms with van der Waals surface area (Å²) in [5, 5.41) is 0. The highest BCUT2D eigenvalue weighted by atomic mass is 16.5. The van der Waals surface area contributed by atoms with Crippen molar-refractivity contribution in [3.05, 3.63) is 53.6 Å². The number of rotatable bonds is 6. The minimum Gasteiger partial charge on any atom is -0.497 e. The first-order valence-electron chi connectivity index (χ1n) is 7.19. The maximum Gasteiger partial charge on any atom is 0.253 e. The zero-order valence-corrected chi connectivity index (χ0v) is 13.8.